The molecule has 2 heterocycles. The fourth-order valence-electron chi connectivity index (χ4n) is 3.41. The quantitative estimate of drug-likeness (QED) is 0.507. The normalized spacial score (nSPS) is 18.1. The Bertz CT molecular complexity index is 628. The van der Waals surface area contributed by atoms with Gasteiger partial charge in [0.25, 0.3) is 0 Å². The van der Waals surface area contributed by atoms with Gasteiger partial charge in [0.15, 0.2) is 4.34 Å². The zero-order valence-corrected chi connectivity index (χ0v) is 17.3. The van der Waals surface area contributed by atoms with Gasteiger partial charge < -0.3 is 19.9 Å². The van der Waals surface area contributed by atoms with Gasteiger partial charge >= 0.3 is 0 Å². The van der Waals surface area contributed by atoms with Gasteiger partial charge in [-0.2, -0.15) is 0 Å². The van der Waals surface area contributed by atoms with Gasteiger partial charge in [-0.1, -0.05) is 35.9 Å². The number of methoxy groups -OCH3 is 1. The second-order valence-corrected chi connectivity index (χ2v) is 8.95. The van der Waals surface area contributed by atoms with Crippen molar-refractivity contribution >= 4 is 40.0 Å². The first kappa shape index (κ1) is 20.3. The predicted molar refractivity (Wildman–Crippen MR) is 106 cm³/mol. The molecule has 0 aromatic carbocycles. The van der Waals surface area contributed by atoms with Crippen molar-refractivity contribution < 1.29 is 14.3 Å². The van der Waals surface area contributed by atoms with Crippen LogP contribution in [0.1, 0.15) is 25.7 Å². The fourth-order valence-corrected chi connectivity index (χ4v) is 5.13. The van der Waals surface area contributed by atoms with Gasteiger partial charge in [0, 0.05) is 45.8 Å². The van der Waals surface area contributed by atoms with Crippen LogP contribution >= 0.6 is 23.1 Å². The second kappa shape index (κ2) is 10.2. The lowest BCUT2D eigenvalue weighted by atomic mass is 10.1. The third-order valence-electron chi connectivity index (χ3n) is 4.92. The highest BCUT2D eigenvalue weighted by Crippen LogP contribution is 2.30. The first-order valence-electron chi connectivity index (χ1n) is 9.43. The lowest BCUT2D eigenvalue weighted by molar-refractivity contribution is -0.135. The number of hydrogen-bond acceptors (Lipinski definition) is 8. The number of piperazine rings is 1. The van der Waals surface area contributed by atoms with Crippen LogP contribution in [0.4, 0.5) is 5.13 Å². The Morgan fingerprint density at radius 1 is 1.22 bits per heavy atom. The third-order valence-corrected chi connectivity index (χ3v) is 7.03. The van der Waals surface area contributed by atoms with Crippen LogP contribution in [-0.4, -0.2) is 79.1 Å². The average molecular weight is 414 g/mol. The number of hydrogen-bond donors (Lipinski definition) is 1. The maximum atomic E-state index is 12.5. The molecular weight excluding hydrogens is 386 g/mol. The largest absolute Gasteiger partial charge is 0.383 e. The highest BCUT2D eigenvalue weighted by Gasteiger charge is 2.30. The molecule has 1 saturated carbocycles. The maximum Gasteiger partial charge on any atom is 0.230 e. The van der Waals surface area contributed by atoms with E-state index in [1.54, 1.807) is 7.11 Å². The standard InChI is InChI=1S/C17H27N5O3S2/c1-25-11-6-18-14(23)12-26-17-20-19-16(27-17)22-9-7-21(8-10-22)15(24)13-4-2-3-5-13/h13H,2-12H2,1H3,(H,18,23). The van der Waals surface area contributed by atoms with E-state index in [1.807, 2.05) is 4.90 Å². The Balaban J connectivity index is 1.41. The highest BCUT2D eigenvalue weighted by atomic mass is 32.2. The number of nitrogens with one attached hydrogen (secondary N) is 1. The van der Waals surface area contributed by atoms with E-state index in [0.717, 1.165) is 48.5 Å². The Hall–Kier alpha value is -1.39. The van der Waals surface area contributed by atoms with E-state index in [9.17, 15) is 9.59 Å². The van der Waals surface area contributed by atoms with Gasteiger partial charge in [-0.3, -0.25) is 9.59 Å². The lowest BCUT2D eigenvalue weighted by Crippen LogP contribution is -2.50. The molecule has 2 fully saturated rings. The summed E-state index contributed by atoms with van der Waals surface area (Å²) in [5.74, 6) is 0.867. The molecule has 1 aliphatic carbocycles. The summed E-state index contributed by atoms with van der Waals surface area (Å²) < 4.78 is 5.69. The van der Waals surface area contributed by atoms with E-state index < -0.39 is 0 Å². The Labute approximate surface area is 168 Å². The van der Waals surface area contributed by atoms with Gasteiger partial charge in [0.05, 0.1) is 12.4 Å². The minimum atomic E-state index is -0.0344. The van der Waals surface area contributed by atoms with Gasteiger partial charge in [-0.25, -0.2) is 0 Å². The predicted octanol–water partition coefficient (Wildman–Crippen LogP) is 1.23. The van der Waals surface area contributed by atoms with Crippen molar-refractivity contribution in [3.63, 3.8) is 0 Å². The number of ether oxygens (including phenoxy) is 1. The number of amides is 2. The van der Waals surface area contributed by atoms with Crippen LogP contribution in [0.2, 0.25) is 0 Å². The van der Waals surface area contributed by atoms with Crippen LogP contribution in [0, 0.1) is 5.92 Å². The average Bonchev–Trinajstić information content (AvgIpc) is 3.38. The molecule has 0 unspecified atom stereocenters. The van der Waals surface area contributed by atoms with Crippen molar-refractivity contribution in [1.29, 1.82) is 0 Å². The minimum absolute atomic E-state index is 0.0344. The molecular formula is C17H27N5O3S2. The van der Waals surface area contributed by atoms with E-state index in [1.165, 1.54) is 35.9 Å². The maximum absolute atomic E-state index is 12.5. The summed E-state index contributed by atoms with van der Waals surface area (Å²) in [6.45, 7) is 4.10. The summed E-state index contributed by atoms with van der Waals surface area (Å²) >= 11 is 2.90. The van der Waals surface area contributed by atoms with Crippen molar-refractivity contribution in [2.75, 3.05) is 57.1 Å². The van der Waals surface area contributed by atoms with Gasteiger partial charge in [0.2, 0.25) is 16.9 Å². The molecule has 150 valence electrons. The molecule has 27 heavy (non-hydrogen) atoms. The number of nitrogens with zero attached hydrogens (tertiary/aromatic N) is 4. The molecule has 0 spiro atoms. The van der Waals surface area contributed by atoms with Crippen LogP contribution in [0.25, 0.3) is 0 Å². The van der Waals surface area contributed by atoms with Crippen molar-refractivity contribution in [2.24, 2.45) is 5.92 Å². The number of carbonyl (C=O) groups is 2. The highest BCUT2D eigenvalue weighted by molar-refractivity contribution is 8.01. The fraction of sp³-hybridized carbons (Fsp3) is 0.765. The number of rotatable bonds is 8. The summed E-state index contributed by atoms with van der Waals surface area (Å²) in [7, 11) is 1.61. The molecule has 10 heteroatoms. The lowest BCUT2D eigenvalue weighted by Gasteiger charge is -2.35. The Morgan fingerprint density at radius 2 is 1.96 bits per heavy atom. The third kappa shape index (κ3) is 5.79. The second-order valence-electron chi connectivity index (χ2n) is 6.78. The van der Waals surface area contributed by atoms with Crippen molar-refractivity contribution in [2.45, 2.75) is 30.0 Å². The number of aromatic nitrogens is 2. The molecule has 1 aromatic heterocycles. The molecule has 1 aromatic rings. The molecule has 0 radical (unpaired) electrons. The first-order valence-corrected chi connectivity index (χ1v) is 11.2. The molecule has 0 bridgehead atoms. The summed E-state index contributed by atoms with van der Waals surface area (Å²) in [4.78, 5) is 28.4. The van der Waals surface area contributed by atoms with E-state index in [4.69, 9.17) is 4.74 Å². The molecule has 1 N–H and O–H groups in total. The van der Waals surface area contributed by atoms with Crippen molar-refractivity contribution in [3.8, 4) is 0 Å². The topological polar surface area (TPSA) is 87.7 Å². The number of anilines is 1. The molecule has 8 nitrogen and oxygen atoms in total. The van der Waals surface area contributed by atoms with E-state index in [-0.39, 0.29) is 11.8 Å². The van der Waals surface area contributed by atoms with Crippen LogP contribution < -0.4 is 10.2 Å². The first-order chi connectivity index (χ1) is 13.2. The van der Waals surface area contributed by atoms with E-state index in [0.29, 0.717) is 24.8 Å². The molecule has 1 aliphatic heterocycles. The van der Waals surface area contributed by atoms with Gasteiger partial charge in [-0.05, 0) is 12.8 Å². The van der Waals surface area contributed by atoms with Crippen molar-refractivity contribution in [1.82, 2.24) is 20.4 Å². The minimum Gasteiger partial charge on any atom is -0.383 e. The monoisotopic (exact) mass is 413 g/mol. The number of carbonyl (C=O) groups excluding carboxylic acids is 2. The van der Waals surface area contributed by atoms with Crippen LogP contribution in [0.3, 0.4) is 0 Å². The van der Waals surface area contributed by atoms with Crippen molar-refractivity contribution in [3.05, 3.63) is 0 Å². The molecule has 3 rings (SSSR count). The zero-order chi connectivity index (χ0) is 19.1. The summed E-state index contributed by atoms with van der Waals surface area (Å²) in [6.07, 6.45) is 4.47. The molecule has 0 atom stereocenters. The van der Waals surface area contributed by atoms with Crippen LogP contribution in [0.5, 0.6) is 0 Å². The smallest absolute Gasteiger partial charge is 0.230 e. The summed E-state index contributed by atoms with van der Waals surface area (Å²) in [5, 5.41) is 12.1. The number of thioether (sulfide) groups is 1. The van der Waals surface area contributed by atoms with E-state index in [2.05, 4.69) is 20.4 Å². The molecule has 1 saturated heterocycles. The van der Waals surface area contributed by atoms with Gasteiger partial charge in [-0.15, -0.1) is 10.2 Å². The van der Waals surface area contributed by atoms with Crippen LogP contribution in [-0.2, 0) is 14.3 Å². The van der Waals surface area contributed by atoms with E-state index >= 15 is 0 Å². The van der Waals surface area contributed by atoms with Crippen LogP contribution in [0.15, 0.2) is 4.34 Å². The molecule has 2 amide bonds. The molecule has 2 aliphatic rings. The zero-order valence-electron chi connectivity index (χ0n) is 15.7. The van der Waals surface area contributed by atoms with Gasteiger partial charge in [0.1, 0.15) is 0 Å². The Morgan fingerprint density at radius 3 is 2.67 bits per heavy atom. The SMILES string of the molecule is COCCNC(=O)CSc1nnc(N2CCN(C(=O)C3CCCC3)CC2)s1. The summed E-state index contributed by atoms with van der Waals surface area (Å²) in [6, 6.07) is 0. The summed E-state index contributed by atoms with van der Waals surface area (Å²) in [5.41, 5.74) is 0. The Kier molecular flexibility index (Phi) is 7.71.